The molecule has 2 aromatic heterocycles. The summed E-state index contributed by atoms with van der Waals surface area (Å²) in [5, 5.41) is 3.77. The Morgan fingerprint density at radius 2 is 1.77 bits per heavy atom. The molecule has 1 N–H and O–H groups in total. The Hall–Kier alpha value is -4.56. The number of furan rings is 1. The van der Waals surface area contributed by atoms with Crippen molar-refractivity contribution in [3.8, 4) is 5.75 Å². The predicted molar refractivity (Wildman–Crippen MR) is 174 cm³/mol. The summed E-state index contributed by atoms with van der Waals surface area (Å²) in [7, 11) is 3.59. The first-order chi connectivity index (χ1) is 21.6. The van der Waals surface area contributed by atoms with E-state index in [1.54, 1.807) is 19.6 Å². The van der Waals surface area contributed by atoms with Gasteiger partial charge >= 0.3 is 0 Å². The lowest BCUT2D eigenvalue weighted by Crippen LogP contribution is -2.40. The van der Waals surface area contributed by atoms with E-state index in [9.17, 15) is 4.79 Å². The van der Waals surface area contributed by atoms with Crippen molar-refractivity contribution in [3.05, 3.63) is 114 Å². The molecular formula is C36H41N5O3. The number of methoxy groups -OCH3 is 1. The van der Waals surface area contributed by atoms with Crippen molar-refractivity contribution >= 4 is 22.9 Å². The maximum atomic E-state index is 13.2. The molecule has 1 amide bonds. The van der Waals surface area contributed by atoms with Crippen LogP contribution in [0.15, 0.2) is 102 Å². The number of fused-ring (bicyclic) bond motifs is 1. The van der Waals surface area contributed by atoms with E-state index in [1.165, 1.54) is 5.56 Å². The maximum absolute atomic E-state index is 13.2. The normalized spacial score (nSPS) is 14.9. The highest BCUT2D eigenvalue weighted by atomic mass is 16.5. The Morgan fingerprint density at radius 1 is 1.02 bits per heavy atom. The molecule has 1 aliphatic heterocycles. The minimum absolute atomic E-state index is 0.0507. The first-order valence-electron chi connectivity index (χ1n) is 15.5. The van der Waals surface area contributed by atoms with Gasteiger partial charge in [0.25, 0.3) is 5.91 Å². The van der Waals surface area contributed by atoms with Crippen molar-refractivity contribution in [2.24, 2.45) is 0 Å². The molecule has 6 rings (SSSR count). The number of nitrogens with one attached hydrogen (secondary N) is 1. The average molecular weight is 592 g/mol. The molecule has 0 spiro atoms. The Labute approximate surface area is 259 Å². The van der Waals surface area contributed by atoms with Crippen molar-refractivity contribution < 1.29 is 13.9 Å². The zero-order valence-corrected chi connectivity index (χ0v) is 25.6. The summed E-state index contributed by atoms with van der Waals surface area (Å²) in [5.41, 5.74) is 5.18. The summed E-state index contributed by atoms with van der Waals surface area (Å²) in [5.74, 6) is 2.03. The number of para-hydroxylation sites is 2. The predicted octanol–water partition coefficient (Wildman–Crippen LogP) is 6.51. The summed E-state index contributed by atoms with van der Waals surface area (Å²) in [6, 6.07) is 28.5. The standard InChI is InChI=1S/C36H41N5O3/c1-39(35(42)29-8-4-3-5-9-29)25-30(28-12-14-32(43-2)15-13-28)16-20-40-21-17-31(18-22-40)37-36-38-33-10-6-7-11-34(33)41(36)24-27-19-23-44-26-27/h3-15,19,23,26,30-31H,16-18,20-22,24-25H2,1-2H3,(H,37,38). The highest BCUT2D eigenvalue weighted by molar-refractivity contribution is 5.94. The van der Waals surface area contributed by atoms with Crippen molar-refractivity contribution in [1.29, 1.82) is 0 Å². The zero-order valence-electron chi connectivity index (χ0n) is 25.6. The van der Waals surface area contributed by atoms with Crippen LogP contribution < -0.4 is 10.1 Å². The number of rotatable bonds is 12. The second-order valence-electron chi connectivity index (χ2n) is 11.7. The van der Waals surface area contributed by atoms with Gasteiger partial charge in [0.15, 0.2) is 0 Å². The monoisotopic (exact) mass is 591 g/mol. The van der Waals surface area contributed by atoms with Gasteiger partial charge in [-0.1, -0.05) is 42.5 Å². The Morgan fingerprint density at radius 3 is 2.50 bits per heavy atom. The third-order valence-electron chi connectivity index (χ3n) is 8.74. The number of carbonyl (C=O) groups excluding carboxylic acids is 1. The molecule has 1 saturated heterocycles. The van der Waals surface area contributed by atoms with Crippen molar-refractivity contribution in [3.63, 3.8) is 0 Å². The van der Waals surface area contributed by atoms with Crippen LogP contribution in [-0.2, 0) is 6.54 Å². The topological polar surface area (TPSA) is 75.8 Å². The van der Waals surface area contributed by atoms with Crippen LogP contribution in [0.3, 0.4) is 0 Å². The molecule has 1 fully saturated rings. The van der Waals surface area contributed by atoms with E-state index >= 15 is 0 Å². The Balaban J connectivity index is 1.08. The van der Waals surface area contributed by atoms with Gasteiger partial charge in [0.2, 0.25) is 5.95 Å². The Bertz CT molecular complexity index is 1620. The summed E-state index contributed by atoms with van der Waals surface area (Å²) < 4.78 is 13.0. The van der Waals surface area contributed by atoms with E-state index in [2.05, 4.69) is 45.1 Å². The van der Waals surface area contributed by atoms with Gasteiger partial charge < -0.3 is 28.8 Å². The minimum Gasteiger partial charge on any atom is -0.497 e. The van der Waals surface area contributed by atoms with Crippen LogP contribution in [0.5, 0.6) is 5.75 Å². The van der Waals surface area contributed by atoms with Gasteiger partial charge in [-0.3, -0.25) is 4.79 Å². The SMILES string of the molecule is COc1ccc(C(CCN2CCC(Nc3nc4ccccc4n3Cc3ccoc3)CC2)CN(C)C(=O)c2ccccc2)cc1. The number of likely N-dealkylation sites (tertiary alicyclic amines) is 1. The van der Waals surface area contributed by atoms with Gasteiger partial charge in [0.05, 0.1) is 37.2 Å². The molecule has 8 nitrogen and oxygen atoms in total. The van der Waals surface area contributed by atoms with Crippen LogP contribution in [0.4, 0.5) is 5.95 Å². The number of nitrogens with zero attached hydrogens (tertiary/aromatic N) is 4. The third kappa shape index (κ3) is 6.97. The number of benzene rings is 3. The largest absolute Gasteiger partial charge is 0.497 e. The number of piperidine rings is 1. The summed E-state index contributed by atoms with van der Waals surface area (Å²) in [4.78, 5) is 22.5. The number of likely N-dealkylation sites (N-methyl/N-ethyl adjacent to an activating group) is 1. The molecule has 3 aromatic carbocycles. The van der Waals surface area contributed by atoms with Gasteiger partial charge in [-0.05, 0) is 73.8 Å². The van der Waals surface area contributed by atoms with E-state index in [-0.39, 0.29) is 11.8 Å². The van der Waals surface area contributed by atoms with Crippen molar-refractivity contribution in [1.82, 2.24) is 19.4 Å². The first-order valence-corrected chi connectivity index (χ1v) is 15.5. The lowest BCUT2D eigenvalue weighted by Gasteiger charge is -2.34. The maximum Gasteiger partial charge on any atom is 0.253 e. The fraction of sp³-hybridized carbons (Fsp3) is 0.333. The lowest BCUT2D eigenvalue weighted by atomic mass is 9.94. The molecular weight excluding hydrogens is 550 g/mol. The van der Waals surface area contributed by atoms with Crippen LogP contribution in [-0.4, -0.2) is 71.6 Å². The highest BCUT2D eigenvalue weighted by Gasteiger charge is 2.24. The summed E-state index contributed by atoms with van der Waals surface area (Å²) in [6.07, 6.45) is 6.58. The van der Waals surface area contributed by atoms with Crippen LogP contribution in [0.1, 0.15) is 46.7 Å². The molecule has 3 heterocycles. The van der Waals surface area contributed by atoms with Crippen LogP contribution >= 0.6 is 0 Å². The van der Waals surface area contributed by atoms with Gasteiger partial charge in [0, 0.05) is 49.8 Å². The number of ether oxygens (including phenoxy) is 1. The molecule has 0 bridgehead atoms. The van der Waals surface area contributed by atoms with Crippen LogP contribution in [0, 0.1) is 0 Å². The van der Waals surface area contributed by atoms with E-state index in [0.29, 0.717) is 19.1 Å². The molecule has 0 saturated carbocycles. The number of carbonyl (C=O) groups is 1. The van der Waals surface area contributed by atoms with Gasteiger partial charge in [-0.25, -0.2) is 4.98 Å². The number of amides is 1. The lowest BCUT2D eigenvalue weighted by molar-refractivity contribution is 0.0782. The quantitative estimate of drug-likeness (QED) is 0.178. The smallest absolute Gasteiger partial charge is 0.253 e. The van der Waals surface area contributed by atoms with Crippen molar-refractivity contribution in [2.45, 2.75) is 37.8 Å². The molecule has 1 unspecified atom stereocenters. The Kier molecular flexibility index (Phi) is 9.27. The molecule has 44 heavy (non-hydrogen) atoms. The molecule has 0 aliphatic carbocycles. The number of aromatic nitrogens is 2. The highest BCUT2D eigenvalue weighted by Crippen LogP contribution is 2.27. The summed E-state index contributed by atoms with van der Waals surface area (Å²) >= 11 is 0. The third-order valence-corrected chi connectivity index (χ3v) is 8.74. The van der Waals surface area contributed by atoms with Gasteiger partial charge in [-0.2, -0.15) is 0 Å². The molecule has 5 aromatic rings. The minimum atomic E-state index is 0.0507. The molecule has 0 radical (unpaired) electrons. The number of imidazole rings is 1. The summed E-state index contributed by atoms with van der Waals surface area (Å²) in [6.45, 7) is 4.40. The molecule has 1 aliphatic rings. The van der Waals surface area contributed by atoms with Crippen molar-refractivity contribution in [2.75, 3.05) is 45.7 Å². The number of hydrogen-bond acceptors (Lipinski definition) is 6. The fourth-order valence-corrected chi connectivity index (χ4v) is 6.19. The number of hydrogen-bond donors (Lipinski definition) is 1. The first kappa shape index (κ1) is 29.5. The molecule has 228 valence electrons. The molecule has 1 atom stereocenters. The van der Waals surface area contributed by atoms with E-state index in [1.807, 2.05) is 66.5 Å². The van der Waals surface area contributed by atoms with Gasteiger partial charge in [-0.15, -0.1) is 0 Å². The van der Waals surface area contributed by atoms with E-state index in [0.717, 1.165) is 72.8 Å². The van der Waals surface area contributed by atoms with E-state index in [4.69, 9.17) is 14.1 Å². The van der Waals surface area contributed by atoms with Gasteiger partial charge in [0.1, 0.15) is 5.75 Å². The van der Waals surface area contributed by atoms with Crippen LogP contribution in [0.2, 0.25) is 0 Å². The second-order valence-corrected chi connectivity index (χ2v) is 11.7. The fourth-order valence-electron chi connectivity index (χ4n) is 6.19. The van der Waals surface area contributed by atoms with Crippen LogP contribution in [0.25, 0.3) is 11.0 Å². The zero-order chi connectivity index (χ0) is 30.3. The average Bonchev–Trinajstić information content (AvgIpc) is 3.72. The second kappa shape index (κ2) is 13.8. The van der Waals surface area contributed by atoms with E-state index < -0.39 is 0 Å². The number of anilines is 1. The molecule has 8 heteroatoms.